The Kier molecular flexibility index (Phi) is 7.56. The van der Waals surface area contributed by atoms with E-state index < -0.39 is 29.2 Å². The lowest BCUT2D eigenvalue weighted by Crippen LogP contribution is -2.63. The van der Waals surface area contributed by atoms with E-state index in [1.54, 1.807) is 7.11 Å². The first-order valence-corrected chi connectivity index (χ1v) is 11.9. The summed E-state index contributed by atoms with van der Waals surface area (Å²) in [6.45, 7) is 1.02. The van der Waals surface area contributed by atoms with Gasteiger partial charge in [0.2, 0.25) is 5.91 Å². The Hall–Kier alpha value is -3.11. The lowest BCUT2D eigenvalue weighted by atomic mass is 9.76. The number of halogens is 3. The zero-order chi connectivity index (χ0) is 25.9. The first-order chi connectivity index (χ1) is 17.1. The normalized spacial score (nSPS) is 23.0. The molecule has 2 fully saturated rings. The molecule has 0 spiro atoms. The van der Waals surface area contributed by atoms with Gasteiger partial charge in [-0.2, -0.15) is 13.2 Å². The molecule has 1 heterocycles. The molecule has 0 unspecified atom stereocenters. The number of ether oxygens (including phenoxy) is 1. The van der Waals surface area contributed by atoms with Gasteiger partial charge in [-0.3, -0.25) is 14.5 Å². The standard InChI is InChI=1S/C26H30F3N3O4/c1-36-22-8-3-2-7-21(22)25(35)11-9-20(10-12-25)32-15-19(16-32)31-23(33)14-30-24(34)17-5-4-6-18(13-17)26(27,28)29/h2-8,13,19-20,35H,9-12,14-16H2,1H3,(H,30,34)(H,31,33). The topological polar surface area (TPSA) is 90.9 Å². The number of aliphatic hydroxyl groups is 1. The summed E-state index contributed by atoms with van der Waals surface area (Å²) in [5.41, 5.74) is -1.18. The van der Waals surface area contributed by atoms with Crippen molar-refractivity contribution >= 4 is 11.8 Å². The number of para-hydroxylation sites is 1. The van der Waals surface area contributed by atoms with Gasteiger partial charge >= 0.3 is 6.18 Å². The van der Waals surface area contributed by atoms with Crippen molar-refractivity contribution in [2.75, 3.05) is 26.7 Å². The Morgan fingerprint density at radius 2 is 1.81 bits per heavy atom. The molecular weight excluding hydrogens is 475 g/mol. The highest BCUT2D eigenvalue weighted by Gasteiger charge is 2.41. The van der Waals surface area contributed by atoms with E-state index in [4.69, 9.17) is 4.74 Å². The Morgan fingerprint density at radius 3 is 2.47 bits per heavy atom. The van der Waals surface area contributed by atoms with Crippen molar-refractivity contribution in [3.8, 4) is 5.75 Å². The molecule has 4 rings (SSSR count). The maximum atomic E-state index is 12.8. The van der Waals surface area contributed by atoms with Crippen molar-refractivity contribution in [1.82, 2.24) is 15.5 Å². The van der Waals surface area contributed by atoms with E-state index in [0.29, 0.717) is 37.7 Å². The van der Waals surface area contributed by atoms with Crippen LogP contribution in [0.2, 0.25) is 0 Å². The molecule has 2 aromatic rings. The second-order valence-electron chi connectivity index (χ2n) is 9.44. The minimum Gasteiger partial charge on any atom is -0.496 e. The fourth-order valence-corrected chi connectivity index (χ4v) is 5.02. The number of hydrogen-bond donors (Lipinski definition) is 3. The number of alkyl halides is 3. The Morgan fingerprint density at radius 1 is 1.11 bits per heavy atom. The van der Waals surface area contributed by atoms with Crippen molar-refractivity contribution < 1.29 is 32.6 Å². The van der Waals surface area contributed by atoms with Gasteiger partial charge in [-0.25, -0.2) is 0 Å². The molecule has 0 bridgehead atoms. The molecule has 2 aliphatic rings. The van der Waals surface area contributed by atoms with E-state index in [1.165, 1.54) is 6.07 Å². The number of rotatable bonds is 7. The molecule has 0 atom stereocenters. The molecule has 2 amide bonds. The monoisotopic (exact) mass is 505 g/mol. The van der Waals surface area contributed by atoms with Gasteiger partial charge in [0, 0.05) is 30.3 Å². The maximum absolute atomic E-state index is 12.8. The number of methoxy groups -OCH3 is 1. The van der Waals surface area contributed by atoms with Crippen LogP contribution in [0, 0.1) is 0 Å². The van der Waals surface area contributed by atoms with Crippen molar-refractivity contribution in [1.29, 1.82) is 0 Å². The highest BCUT2D eigenvalue weighted by Crippen LogP contribution is 2.42. The molecule has 1 saturated carbocycles. The first-order valence-electron chi connectivity index (χ1n) is 11.9. The maximum Gasteiger partial charge on any atom is 0.416 e. The Balaban J connectivity index is 1.19. The van der Waals surface area contributed by atoms with Crippen LogP contribution in [0.5, 0.6) is 5.75 Å². The SMILES string of the molecule is COc1ccccc1C1(O)CCC(N2CC(NC(=O)CNC(=O)c3cccc(C(F)(F)F)c3)C2)CC1. The van der Waals surface area contributed by atoms with Gasteiger partial charge in [-0.15, -0.1) is 0 Å². The summed E-state index contributed by atoms with van der Waals surface area (Å²) in [5.74, 6) is -0.448. The summed E-state index contributed by atoms with van der Waals surface area (Å²) in [6, 6.07) is 11.9. The van der Waals surface area contributed by atoms with E-state index in [9.17, 15) is 27.9 Å². The molecule has 7 nitrogen and oxygen atoms in total. The highest BCUT2D eigenvalue weighted by molar-refractivity contribution is 5.96. The number of benzene rings is 2. The van der Waals surface area contributed by atoms with Crippen molar-refractivity contribution in [2.24, 2.45) is 0 Å². The number of nitrogens with zero attached hydrogens (tertiary/aromatic N) is 1. The van der Waals surface area contributed by atoms with Crippen LogP contribution >= 0.6 is 0 Å². The summed E-state index contributed by atoms with van der Waals surface area (Å²) in [4.78, 5) is 26.7. The van der Waals surface area contributed by atoms with Crippen molar-refractivity contribution in [2.45, 2.75) is 49.5 Å². The van der Waals surface area contributed by atoms with Crippen LogP contribution in [0.4, 0.5) is 13.2 Å². The summed E-state index contributed by atoms with van der Waals surface area (Å²) < 4.78 is 43.9. The molecule has 1 aliphatic carbocycles. The van der Waals surface area contributed by atoms with Gasteiger partial charge in [0.25, 0.3) is 5.91 Å². The summed E-state index contributed by atoms with van der Waals surface area (Å²) in [6.07, 6.45) is -1.67. The molecule has 194 valence electrons. The fourth-order valence-electron chi connectivity index (χ4n) is 5.02. The second-order valence-corrected chi connectivity index (χ2v) is 9.44. The smallest absolute Gasteiger partial charge is 0.416 e. The molecule has 10 heteroatoms. The number of likely N-dealkylation sites (tertiary alicyclic amines) is 1. The van der Waals surface area contributed by atoms with Crippen LogP contribution in [-0.4, -0.2) is 60.6 Å². The second kappa shape index (κ2) is 10.5. The van der Waals surface area contributed by atoms with E-state index in [1.807, 2.05) is 24.3 Å². The third-order valence-electron chi connectivity index (χ3n) is 7.04. The van der Waals surface area contributed by atoms with Crippen molar-refractivity contribution in [3.63, 3.8) is 0 Å². The summed E-state index contributed by atoms with van der Waals surface area (Å²) in [5, 5.41) is 16.4. The van der Waals surface area contributed by atoms with Crippen LogP contribution in [0.15, 0.2) is 48.5 Å². The fraction of sp³-hybridized carbons (Fsp3) is 0.462. The van der Waals surface area contributed by atoms with Gasteiger partial charge in [-0.05, 0) is 49.9 Å². The summed E-state index contributed by atoms with van der Waals surface area (Å²) >= 11 is 0. The third kappa shape index (κ3) is 5.82. The molecular formula is C26H30F3N3O4. The Bertz CT molecular complexity index is 1090. The molecule has 1 aliphatic heterocycles. The van der Waals surface area contributed by atoms with Crippen LogP contribution < -0.4 is 15.4 Å². The van der Waals surface area contributed by atoms with Crippen LogP contribution in [0.25, 0.3) is 0 Å². The van der Waals surface area contributed by atoms with E-state index in [2.05, 4.69) is 15.5 Å². The lowest BCUT2D eigenvalue weighted by Gasteiger charge is -2.48. The van der Waals surface area contributed by atoms with Crippen molar-refractivity contribution in [3.05, 3.63) is 65.2 Å². The number of carbonyl (C=O) groups is 2. The van der Waals surface area contributed by atoms with Gasteiger partial charge < -0.3 is 20.5 Å². The van der Waals surface area contributed by atoms with Gasteiger partial charge in [0.15, 0.2) is 0 Å². The molecule has 36 heavy (non-hydrogen) atoms. The van der Waals surface area contributed by atoms with Gasteiger partial charge in [0.05, 0.1) is 30.9 Å². The highest BCUT2D eigenvalue weighted by atomic mass is 19.4. The Labute approximate surface area is 207 Å². The first kappa shape index (κ1) is 26.0. The van der Waals surface area contributed by atoms with Gasteiger partial charge in [-0.1, -0.05) is 24.3 Å². The van der Waals surface area contributed by atoms with E-state index in [-0.39, 0.29) is 18.2 Å². The average molecular weight is 506 g/mol. The number of amides is 2. The zero-order valence-electron chi connectivity index (χ0n) is 20.0. The number of carbonyl (C=O) groups excluding carboxylic acids is 2. The molecule has 0 radical (unpaired) electrons. The summed E-state index contributed by atoms with van der Waals surface area (Å²) in [7, 11) is 1.60. The zero-order valence-corrected chi connectivity index (χ0v) is 20.0. The molecule has 2 aromatic carbocycles. The van der Waals surface area contributed by atoms with Crippen LogP contribution in [-0.2, 0) is 16.6 Å². The number of hydrogen-bond acceptors (Lipinski definition) is 5. The molecule has 3 N–H and O–H groups in total. The van der Waals surface area contributed by atoms with Crippen LogP contribution in [0.3, 0.4) is 0 Å². The quantitative estimate of drug-likeness (QED) is 0.538. The average Bonchev–Trinajstić information content (AvgIpc) is 2.85. The largest absolute Gasteiger partial charge is 0.496 e. The molecule has 0 aromatic heterocycles. The van der Waals surface area contributed by atoms with E-state index in [0.717, 1.165) is 36.6 Å². The predicted octanol–water partition coefficient (Wildman–Crippen LogP) is 3.07. The third-order valence-corrected chi connectivity index (χ3v) is 7.04. The minimum absolute atomic E-state index is 0.0574. The van der Waals surface area contributed by atoms with Crippen LogP contribution in [0.1, 0.15) is 47.2 Å². The van der Waals surface area contributed by atoms with E-state index >= 15 is 0 Å². The lowest BCUT2D eigenvalue weighted by molar-refractivity contribution is -0.137. The molecule has 1 saturated heterocycles. The number of nitrogens with one attached hydrogen (secondary N) is 2. The minimum atomic E-state index is -4.55. The van der Waals surface area contributed by atoms with Gasteiger partial charge in [0.1, 0.15) is 5.75 Å². The predicted molar refractivity (Wildman–Crippen MR) is 126 cm³/mol.